The zero-order chi connectivity index (χ0) is 15.5. The Morgan fingerprint density at radius 1 is 1.10 bits per heavy atom. The molecule has 0 radical (unpaired) electrons. The molecule has 2 nitrogen and oxygen atoms in total. The Hall–Kier alpha value is -2.01. The molecule has 0 saturated heterocycles. The van der Waals surface area contributed by atoms with Crippen molar-refractivity contribution in [3.8, 4) is 5.75 Å². The van der Waals surface area contributed by atoms with Crippen LogP contribution in [0.1, 0.15) is 29.7 Å². The maximum atomic E-state index is 12.4. The monoisotopic (exact) mass is 296 g/mol. The topological polar surface area (TPSA) is 29.5 Å². The van der Waals surface area contributed by atoms with Crippen molar-refractivity contribution >= 4 is 0 Å². The number of rotatable bonds is 4. The summed E-state index contributed by atoms with van der Waals surface area (Å²) in [5.41, 5.74) is 0.688. The Bertz CT molecular complexity index is 589. The second-order valence-electron chi connectivity index (χ2n) is 4.73. The van der Waals surface area contributed by atoms with Crippen LogP contribution in [-0.4, -0.2) is 5.11 Å². The number of halogens is 3. The van der Waals surface area contributed by atoms with E-state index in [-0.39, 0.29) is 6.61 Å². The lowest BCUT2D eigenvalue weighted by atomic mass is 10.1. The highest BCUT2D eigenvalue weighted by molar-refractivity contribution is 5.30. The van der Waals surface area contributed by atoms with Crippen LogP contribution in [0, 0.1) is 0 Å². The molecule has 0 amide bonds. The van der Waals surface area contributed by atoms with E-state index < -0.39 is 17.8 Å². The van der Waals surface area contributed by atoms with E-state index in [9.17, 15) is 18.3 Å². The molecule has 2 aromatic carbocycles. The molecule has 2 aromatic rings. The van der Waals surface area contributed by atoms with Gasteiger partial charge in [0.25, 0.3) is 0 Å². The number of aliphatic hydroxyl groups is 1. The molecule has 0 unspecified atom stereocenters. The summed E-state index contributed by atoms with van der Waals surface area (Å²) in [5, 5.41) is 9.48. The third-order valence-corrected chi connectivity index (χ3v) is 3.03. The van der Waals surface area contributed by atoms with Gasteiger partial charge in [0.15, 0.2) is 0 Å². The summed E-state index contributed by atoms with van der Waals surface area (Å²) in [6.07, 6.45) is -4.93. The van der Waals surface area contributed by atoms with Gasteiger partial charge in [0, 0.05) is 0 Å². The minimum atomic E-state index is -4.33. The fraction of sp³-hybridized carbons (Fsp3) is 0.250. The first-order valence-electron chi connectivity index (χ1n) is 6.43. The highest BCUT2D eigenvalue weighted by Gasteiger charge is 2.29. The van der Waals surface area contributed by atoms with Gasteiger partial charge in [0.05, 0.1) is 11.7 Å². The molecular weight excluding hydrogens is 281 g/mol. The number of ether oxygens (including phenoxy) is 1. The van der Waals surface area contributed by atoms with Crippen molar-refractivity contribution < 1.29 is 23.0 Å². The van der Waals surface area contributed by atoms with Gasteiger partial charge in [0.2, 0.25) is 0 Å². The molecule has 0 fully saturated rings. The molecule has 0 aliphatic carbocycles. The van der Waals surface area contributed by atoms with Crippen LogP contribution in [-0.2, 0) is 12.8 Å². The molecule has 0 aliphatic rings. The summed E-state index contributed by atoms with van der Waals surface area (Å²) in [6.45, 7) is 1.82. The Morgan fingerprint density at radius 2 is 1.76 bits per heavy atom. The van der Waals surface area contributed by atoms with Gasteiger partial charge in [-0.25, -0.2) is 0 Å². The second kappa shape index (κ2) is 6.18. The van der Waals surface area contributed by atoms with Gasteiger partial charge in [0.1, 0.15) is 12.4 Å². The molecule has 0 spiro atoms. The molecule has 0 bridgehead atoms. The summed E-state index contributed by atoms with van der Waals surface area (Å²) in [6, 6.07) is 11.8. The average molecular weight is 296 g/mol. The maximum absolute atomic E-state index is 12.4. The van der Waals surface area contributed by atoms with E-state index in [4.69, 9.17) is 4.74 Å². The van der Waals surface area contributed by atoms with E-state index >= 15 is 0 Å². The van der Waals surface area contributed by atoms with Crippen LogP contribution >= 0.6 is 0 Å². The van der Waals surface area contributed by atoms with Gasteiger partial charge in [-0.2, -0.15) is 13.2 Å². The highest BCUT2D eigenvalue weighted by Crippen LogP contribution is 2.29. The molecular formula is C16H15F3O2. The van der Waals surface area contributed by atoms with Crippen molar-refractivity contribution in [3.63, 3.8) is 0 Å². The minimum Gasteiger partial charge on any atom is -0.489 e. The fourth-order valence-electron chi connectivity index (χ4n) is 1.82. The molecule has 0 saturated carbocycles. The quantitative estimate of drug-likeness (QED) is 0.909. The molecule has 5 heteroatoms. The van der Waals surface area contributed by atoms with Crippen LogP contribution in [0.5, 0.6) is 5.75 Å². The average Bonchev–Trinajstić information content (AvgIpc) is 2.45. The molecule has 0 heterocycles. The summed E-state index contributed by atoms with van der Waals surface area (Å²) in [5.74, 6) is 0.563. The lowest BCUT2D eigenvalue weighted by Crippen LogP contribution is -2.05. The van der Waals surface area contributed by atoms with E-state index in [1.807, 2.05) is 0 Å². The van der Waals surface area contributed by atoms with Gasteiger partial charge in [-0.15, -0.1) is 0 Å². The third-order valence-electron chi connectivity index (χ3n) is 3.03. The van der Waals surface area contributed by atoms with Crippen molar-refractivity contribution in [2.24, 2.45) is 0 Å². The first-order chi connectivity index (χ1) is 9.86. The maximum Gasteiger partial charge on any atom is 0.416 e. The lowest BCUT2D eigenvalue weighted by Gasteiger charge is -2.11. The standard InChI is InChI=1S/C16H15F3O2/c1-11(20)13-3-2-4-15(9-13)21-10-12-5-7-14(8-6-12)16(17,18)19/h2-9,11,20H,10H2,1H3/t11-/m0/s1. The third kappa shape index (κ3) is 4.23. The van der Waals surface area contributed by atoms with E-state index in [1.54, 1.807) is 31.2 Å². The summed E-state index contributed by atoms with van der Waals surface area (Å²) in [4.78, 5) is 0. The Morgan fingerprint density at radius 3 is 2.33 bits per heavy atom. The van der Waals surface area contributed by atoms with Gasteiger partial charge in [-0.3, -0.25) is 0 Å². The zero-order valence-electron chi connectivity index (χ0n) is 11.4. The van der Waals surface area contributed by atoms with Gasteiger partial charge in [-0.1, -0.05) is 24.3 Å². The number of alkyl halides is 3. The summed E-state index contributed by atoms with van der Waals surface area (Å²) in [7, 11) is 0. The van der Waals surface area contributed by atoms with Crippen LogP contribution in [0.25, 0.3) is 0 Å². The van der Waals surface area contributed by atoms with Crippen LogP contribution in [0.2, 0.25) is 0 Å². The predicted molar refractivity (Wildman–Crippen MR) is 72.9 cm³/mol. The van der Waals surface area contributed by atoms with E-state index in [0.29, 0.717) is 11.3 Å². The summed E-state index contributed by atoms with van der Waals surface area (Å²) >= 11 is 0. The van der Waals surface area contributed by atoms with Crippen molar-refractivity contribution in [2.45, 2.75) is 25.8 Å². The van der Waals surface area contributed by atoms with Crippen molar-refractivity contribution in [3.05, 3.63) is 65.2 Å². The first kappa shape index (κ1) is 15.4. The van der Waals surface area contributed by atoms with Crippen LogP contribution in [0.3, 0.4) is 0 Å². The molecule has 0 aliphatic heterocycles. The van der Waals surface area contributed by atoms with Crippen molar-refractivity contribution in [1.82, 2.24) is 0 Å². The summed E-state index contributed by atoms with van der Waals surface area (Å²) < 4.78 is 42.8. The van der Waals surface area contributed by atoms with Crippen LogP contribution in [0.4, 0.5) is 13.2 Å². The van der Waals surface area contributed by atoms with E-state index in [1.165, 1.54) is 12.1 Å². The number of hydrogen-bond acceptors (Lipinski definition) is 2. The van der Waals surface area contributed by atoms with Crippen LogP contribution < -0.4 is 4.74 Å². The first-order valence-corrected chi connectivity index (χ1v) is 6.43. The van der Waals surface area contributed by atoms with E-state index in [2.05, 4.69) is 0 Å². The molecule has 0 aromatic heterocycles. The normalized spacial score (nSPS) is 13.0. The number of hydrogen-bond donors (Lipinski definition) is 1. The molecule has 21 heavy (non-hydrogen) atoms. The SMILES string of the molecule is C[C@H](O)c1cccc(OCc2ccc(C(F)(F)F)cc2)c1. The predicted octanol–water partition coefficient (Wildman–Crippen LogP) is 4.34. The second-order valence-corrected chi connectivity index (χ2v) is 4.73. The fourth-order valence-corrected chi connectivity index (χ4v) is 1.82. The Kier molecular flexibility index (Phi) is 4.53. The lowest BCUT2D eigenvalue weighted by molar-refractivity contribution is -0.137. The molecule has 1 N–H and O–H groups in total. The Labute approximate surface area is 120 Å². The Balaban J connectivity index is 2.01. The van der Waals surface area contributed by atoms with Crippen LogP contribution in [0.15, 0.2) is 48.5 Å². The van der Waals surface area contributed by atoms with Crippen molar-refractivity contribution in [1.29, 1.82) is 0 Å². The largest absolute Gasteiger partial charge is 0.489 e. The molecule has 112 valence electrons. The molecule has 1 atom stereocenters. The van der Waals surface area contributed by atoms with Crippen molar-refractivity contribution in [2.75, 3.05) is 0 Å². The van der Waals surface area contributed by atoms with Gasteiger partial charge < -0.3 is 9.84 Å². The number of aliphatic hydroxyl groups excluding tert-OH is 1. The zero-order valence-corrected chi connectivity index (χ0v) is 11.4. The minimum absolute atomic E-state index is 0.168. The van der Waals surface area contributed by atoms with Gasteiger partial charge in [-0.05, 0) is 42.3 Å². The number of benzene rings is 2. The smallest absolute Gasteiger partial charge is 0.416 e. The van der Waals surface area contributed by atoms with E-state index in [0.717, 1.165) is 17.7 Å². The highest BCUT2D eigenvalue weighted by atomic mass is 19.4. The van der Waals surface area contributed by atoms with Gasteiger partial charge >= 0.3 is 6.18 Å². The molecule has 2 rings (SSSR count).